The molecule has 4 aliphatic rings. The molecule has 3 heterocycles. The molecule has 4 fully saturated rings. The molecule has 0 aromatic heterocycles. The Morgan fingerprint density at radius 2 is 1.35 bits per heavy atom. The average molecular weight is 358 g/mol. The van der Waals surface area contributed by atoms with Crippen LogP contribution < -0.4 is 0 Å². The smallest absolute Gasteiger partial charge is 0.185 e. The second-order valence-electron chi connectivity index (χ2n) is 11.5. The molecule has 3 saturated heterocycles. The summed E-state index contributed by atoms with van der Waals surface area (Å²) in [6.07, 6.45) is 11.8. The standard InChI is InChI=1S/C23H43BN2/c1-16(2)25-20-14-15-23(7,22(20,5)6)26(17(3)4)21(25)24-18-10-8-11-19(24)13-9-12-18/h16-21H,8-15H2,1-7H3. The molecule has 26 heavy (non-hydrogen) atoms. The molecule has 0 amide bonds. The summed E-state index contributed by atoms with van der Waals surface area (Å²) < 4.78 is 0. The van der Waals surface area contributed by atoms with Crippen LogP contribution in [0.1, 0.15) is 99.8 Å². The van der Waals surface area contributed by atoms with Gasteiger partial charge in [-0.15, -0.1) is 0 Å². The molecule has 1 saturated carbocycles. The van der Waals surface area contributed by atoms with Crippen molar-refractivity contribution in [2.24, 2.45) is 5.41 Å². The first-order valence-electron chi connectivity index (χ1n) is 11.8. The van der Waals surface area contributed by atoms with E-state index in [4.69, 9.17) is 0 Å². The Balaban J connectivity index is 1.82. The minimum Gasteiger partial charge on any atom is -0.289 e. The van der Waals surface area contributed by atoms with E-state index in [1.54, 1.807) is 0 Å². The van der Waals surface area contributed by atoms with Crippen LogP contribution in [0.25, 0.3) is 0 Å². The van der Waals surface area contributed by atoms with Gasteiger partial charge in [0, 0.05) is 29.7 Å². The Bertz CT molecular complexity index is 508. The zero-order chi connectivity index (χ0) is 18.9. The number of fused-ring (bicyclic) bond motifs is 4. The highest BCUT2D eigenvalue weighted by Gasteiger charge is 2.66. The zero-order valence-corrected chi connectivity index (χ0v) is 18.6. The molecule has 0 N–H and O–H groups in total. The summed E-state index contributed by atoms with van der Waals surface area (Å²) in [5, 5.41) is 0. The fourth-order valence-electron chi connectivity index (χ4n) is 8.20. The quantitative estimate of drug-likeness (QED) is 0.585. The van der Waals surface area contributed by atoms with Gasteiger partial charge in [0.1, 0.15) is 0 Å². The number of nitrogens with zero attached hydrogens (tertiary/aromatic N) is 2. The Kier molecular flexibility index (Phi) is 4.84. The minimum absolute atomic E-state index is 0.355. The van der Waals surface area contributed by atoms with Crippen molar-refractivity contribution >= 4 is 6.71 Å². The zero-order valence-electron chi connectivity index (χ0n) is 18.6. The highest BCUT2D eigenvalue weighted by molar-refractivity contribution is 6.64. The van der Waals surface area contributed by atoms with Crippen molar-refractivity contribution in [2.45, 2.75) is 141 Å². The van der Waals surface area contributed by atoms with E-state index in [0.717, 1.165) is 24.4 Å². The van der Waals surface area contributed by atoms with Gasteiger partial charge in [0.05, 0.1) is 0 Å². The highest BCUT2D eigenvalue weighted by Crippen LogP contribution is 2.60. The highest BCUT2D eigenvalue weighted by atomic mass is 15.5. The summed E-state index contributed by atoms with van der Waals surface area (Å²) in [5.74, 6) is 1.97. The number of hydrogen-bond donors (Lipinski definition) is 0. The van der Waals surface area contributed by atoms with Crippen molar-refractivity contribution in [2.75, 3.05) is 0 Å². The molecular weight excluding hydrogens is 315 g/mol. The van der Waals surface area contributed by atoms with E-state index in [1.807, 2.05) is 0 Å². The molecule has 4 rings (SSSR count). The van der Waals surface area contributed by atoms with Crippen LogP contribution in [0.4, 0.5) is 0 Å². The van der Waals surface area contributed by atoms with Crippen LogP contribution in [-0.4, -0.2) is 46.2 Å². The number of rotatable bonds is 3. The average Bonchev–Trinajstić information content (AvgIpc) is 2.69. The van der Waals surface area contributed by atoms with Crippen LogP contribution in [0.3, 0.4) is 0 Å². The van der Waals surface area contributed by atoms with Gasteiger partial charge in [-0.05, 0) is 52.9 Å². The molecule has 2 nitrogen and oxygen atoms in total. The van der Waals surface area contributed by atoms with Crippen molar-refractivity contribution in [3.05, 3.63) is 0 Å². The molecule has 1 aliphatic carbocycles. The van der Waals surface area contributed by atoms with Crippen LogP contribution in [0.5, 0.6) is 0 Å². The Hall–Kier alpha value is -0.0151. The topological polar surface area (TPSA) is 6.48 Å². The lowest BCUT2D eigenvalue weighted by Crippen LogP contribution is -2.77. The largest absolute Gasteiger partial charge is 0.289 e. The first-order valence-corrected chi connectivity index (χ1v) is 11.8. The van der Waals surface area contributed by atoms with Gasteiger partial charge in [0.15, 0.2) is 6.71 Å². The molecule has 0 aromatic rings. The summed E-state index contributed by atoms with van der Waals surface area (Å²) in [6.45, 7) is 18.6. The summed E-state index contributed by atoms with van der Waals surface area (Å²) in [4.78, 5) is 6.06. The summed E-state index contributed by atoms with van der Waals surface area (Å²) in [6, 6.07) is 2.72. The molecule has 0 radical (unpaired) electrons. The lowest BCUT2D eigenvalue weighted by molar-refractivity contribution is -0.148. The van der Waals surface area contributed by atoms with Crippen LogP contribution in [0, 0.1) is 5.41 Å². The van der Waals surface area contributed by atoms with Gasteiger partial charge < -0.3 is 0 Å². The summed E-state index contributed by atoms with van der Waals surface area (Å²) >= 11 is 0. The second-order valence-corrected chi connectivity index (χ2v) is 11.5. The lowest BCUT2D eigenvalue weighted by atomic mass is 9.24. The van der Waals surface area contributed by atoms with Crippen LogP contribution in [-0.2, 0) is 0 Å². The maximum absolute atomic E-state index is 3.04. The fourth-order valence-corrected chi connectivity index (χ4v) is 8.20. The van der Waals surface area contributed by atoms with Crippen molar-refractivity contribution in [1.82, 2.24) is 9.80 Å². The maximum atomic E-state index is 3.04. The van der Waals surface area contributed by atoms with Crippen molar-refractivity contribution in [3.63, 3.8) is 0 Å². The van der Waals surface area contributed by atoms with E-state index in [9.17, 15) is 0 Å². The molecule has 148 valence electrons. The first-order chi connectivity index (χ1) is 12.2. The van der Waals surface area contributed by atoms with Crippen LogP contribution >= 0.6 is 0 Å². The van der Waals surface area contributed by atoms with E-state index >= 15 is 0 Å². The lowest BCUT2D eigenvalue weighted by Gasteiger charge is -2.66. The van der Waals surface area contributed by atoms with E-state index in [0.29, 0.717) is 29.1 Å². The molecule has 3 aliphatic heterocycles. The normalized spacial score (nSPS) is 43.5. The van der Waals surface area contributed by atoms with Crippen molar-refractivity contribution < 1.29 is 0 Å². The van der Waals surface area contributed by atoms with Gasteiger partial charge in [0.2, 0.25) is 0 Å². The maximum Gasteiger partial charge on any atom is 0.185 e. The van der Waals surface area contributed by atoms with E-state index in [-0.39, 0.29) is 0 Å². The third-order valence-corrected chi connectivity index (χ3v) is 9.53. The monoisotopic (exact) mass is 358 g/mol. The van der Waals surface area contributed by atoms with Crippen LogP contribution in [0.15, 0.2) is 0 Å². The molecule has 3 unspecified atom stereocenters. The van der Waals surface area contributed by atoms with Gasteiger partial charge in [0.25, 0.3) is 0 Å². The third-order valence-electron chi connectivity index (χ3n) is 9.53. The van der Waals surface area contributed by atoms with E-state index < -0.39 is 0 Å². The van der Waals surface area contributed by atoms with Gasteiger partial charge in [-0.1, -0.05) is 64.0 Å². The molecular formula is C23H43BN2. The van der Waals surface area contributed by atoms with Crippen LogP contribution in [0.2, 0.25) is 11.6 Å². The summed E-state index contributed by atoms with van der Waals surface area (Å²) in [5.41, 5.74) is 0.732. The third kappa shape index (κ3) is 2.51. The van der Waals surface area contributed by atoms with E-state index in [2.05, 4.69) is 58.3 Å². The second kappa shape index (κ2) is 6.51. The van der Waals surface area contributed by atoms with Crippen molar-refractivity contribution in [1.29, 1.82) is 0 Å². The molecule has 0 spiro atoms. The Morgan fingerprint density at radius 3 is 1.81 bits per heavy atom. The van der Waals surface area contributed by atoms with Gasteiger partial charge in [-0.2, -0.15) is 0 Å². The fraction of sp³-hybridized carbons (Fsp3) is 1.00. The summed E-state index contributed by atoms with van der Waals surface area (Å²) in [7, 11) is 0. The molecule has 3 heteroatoms. The Labute approximate surface area is 163 Å². The van der Waals surface area contributed by atoms with Crippen molar-refractivity contribution in [3.8, 4) is 0 Å². The van der Waals surface area contributed by atoms with Gasteiger partial charge in [-0.25, -0.2) is 0 Å². The first kappa shape index (κ1) is 19.3. The molecule has 3 atom stereocenters. The predicted molar refractivity (Wildman–Crippen MR) is 114 cm³/mol. The Morgan fingerprint density at radius 1 is 0.808 bits per heavy atom. The van der Waals surface area contributed by atoms with Gasteiger partial charge >= 0.3 is 0 Å². The number of hydrogen-bond acceptors (Lipinski definition) is 2. The molecule has 0 aromatic carbocycles. The minimum atomic E-state index is 0.355. The molecule has 4 bridgehead atoms. The van der Waals surface area contributed by atoms with Gasteiger partial charge in [-0.3, -0.25) is 9.80 Å². The predicted octanol–water partition coefficient (Wildman–Crippen LogP) is 5.84. The van der Waals surface area contributed by atoms with E-state index in [1.165, 1.54) is 51.4 Å². The SMILES string of the molecule is CC(C)N1C(B2C3CCCC2CCC3)N(C(C)C)C2(C)CCC1C2(C)C.